The highest BCUT2D eigenvalue weighted by Gasteiger charge is 2.29. The Morgan fingerprint density at radius 3 is 2.58 bits per heavy atom. The first-order valence-electron chi connectivity index (χ1n) is 7.51. The Labute approximate surface area is 138 Å². The summed E-state index contributed by atoms with van der Waals surface area (Å²) in [6.07, 6.45) is -2.47. The van der Waals surface area contributed by atoms with Crippen LogP contribution in [0.25, 0.3) is 0 Å². The third kappa shape index (κ3) is 5.45. The van der Waals surface area contributed by atoms with E-state index in [-0.39, 0.29) is 11.5 Å². The first-order valence-corrected chi connectivity index (χ1v) is 7.51. The van der Waals surface area contributed by atoms with Gasteiger partial charge in [-0.25, -0.2) is 0 Å². The SMILES string of the molecule is CCn1ccc(CNCc2ccc(OCC(F)(F)F)c(OC)c2)n1. The predicted molar refractivity (Wildman–Crippen MR) is 83.0 cm³/mol. The monoisotopic (exact) mass is 343 g/mol. The van der Waals surface area contributed by atoms with Gasteiger partial charge in [-0.05, 0) is 30.7 Å². The van der Waals surface area contributed by atoms with Crippen molar-refractivity contribution in [3.05, 3.63) is 41.7 Å². The Hall–Kier alpha value is -2.22. The van der Waals surface area contributed by atoms with Crippen LogP contribution in [0.1, 0.15) is 18.2 Å². The van der Waals surface area contributed by atoms with Gasteiger partial charge in [-0.2, -0.15) is 18.3 Å². The highest BCUT2D eigenvalue weighted by Crippen LogP contribution is 2.29. The van der Waals surface area contributed by atoms with Gasteiger partial charge in [0, 0.05) is 25.8 Å². The zero-order valence-corrected chi connectivity index (χ0v) is 13.6. The Bertz CT molecular complexity index is 656. The number of alkyl halides is 3. The summed E-state index contributed by atoms with van der Waals surface area (Å²) in [7, 11) is 1.39. The van der Waals surface area contributed by atoms with Crippen molar-refractivity contribution in [2.45, 2.75) is 32.7 Å². The van der Waals surface area contributed by atoms with E-state index in [4.69, 9.17) is 9.47 Å². The van der Waals surface area contributed by atoms with Crippen molar-refractivity contribution in [1.82, 2.24) is 15.1 Å². The summed E-state index contributed by atoms with van der Waals surface area (Å²) < 4.78 is 48.4. The first-order chi connectivity index (χ1) is 11.4. The third-order valence-corrected chi connectivity index (χ3v) is 3.27. The number of aryl methyl sites for hydroxylation is 1. The molecule has 1 aromatic carbocycles. The lowest BCUT2D eigenvalue weighted by atomic mass is 10.2. The topological polar surface area (TPSA) is 48.3 Å². The van der Waals surface area contributed by atoms with Gasteiger partial charge in [-0.15, -0.1) is 0 Å². The fourth-order valence-electron chi connectivity index (χ4n) is 2.11. The van der Waals surface area contributed by atoms with Crippen molar-refractivity contribution in [2.24, 2.45) is 0 Å². The molecule has 0 aliphatic carbocycles. The lowest BCUT2D eigenvalue weighted by molar-refractivity contribution is -0.153. The van der Waals surface area contributed by atoms with Crippen molar-refractivity contribution in [3.8, 4) is 11.5 Å². The molecule has 0 spiro atoms. The van der Waals surface area contributed by atoms with Crippen LogP contribution in [0.4, 0.5) is 13.2 Å². The van der Waals surface area contributed by atoms with E-state index >= 15 is 0 Å². The second-order valence-electron chi connectivity index (χ2n) is 5.16. The molecule has 0 radical (unpaired) electrons. The number of aromatic nitrogens is 2. The number of rotatable bonds is 8. The molecule has 0 bridgehead atoms. The summed E-state index contributed by atoms with van der Waals surface area (Å²) in [5.74, 6) is 0.342. The van der Waals surface area contributed by atoms with E-state index in [0.29, 0.717) is 13.1 Å². The van der Waals surface area contributed by atoms with Crippen LogP contribution < -0.4 is 14.8 Å². The smallest absolute Gasteiger partial charge is 0.422 e. The second-order valence-corrected chi connectivity index (χ2v) is 5.16. The molecule has 0 amide bonds. The Balaban J connectivity index is 1.91. The fourth-order valence-corrected chi connectivity index (χ4v) is 2.11. The molecule has 8 heteroatoms. The molecule has 0 fully saturated rings. The van der Waals surface area contributed by atoms with Crippen LogP contribution in [0.2, 0.25) is 0 Å². The van der Waals surface area contributed by atoms with Gasteiger partial charge in [0.1, 0.15) is 0 Å². The van der Waals surface area contributed by atoms with Crippen LogP contribution in [-0.2, 0) is 19.6 Å². The van der Waals surface area contributed by atoms with Gasteiger partial charge in [-0.1, -0.05) is 6.07 Å². The van der Waals surface area contributed by atoms with E-state index in [1.54, 1.807) is 12.1 Å². The normalized spacial score (nSPS) is 11.5. The van der Waals surface area contributed by atoms with E-state index in [0.717, 1.165) is 17.8 Å². The number of hydrogen-bond acceptors (Lipinski definition) is 4. The van der Waals surface area contributed by atoms with Crippen molar-refractivity contribution in [3.63, 3.8) is 0 Å². The maximum Gasteiger partial charge on any atom is 0.422 e. The van der Waals surface area contributed by atoms with Crippen LogP contribution in [0, 0.1) is 0 Å². The quantitative estimate of drug-likeness (QED) is 0.800. The molecule has 0 unspecified atom stereocenters. The molecule has 1 heterocycles. The summed E-state index contributed by atoms with van der Waals surface area (Å²) in [6, 6.07) is 6.77. The van der Waals surface area contributed by atoms with Crippen molar-refractivity contribution in [2.75, 3.05) is 13.7 Å². The molecular weight excluding hydrogens is 323 g/mol. The lowest BCUT2D eigenvalue weighted by Gasteiger charge is -2.13. The number of hydrogen-bond donors (Lipinski definition) is 1. The zero-order valence-electron chi connectivity index (χ0n) is 13.6. The largest absolute Gasteiger partial charge is 0.493 e. The van der Waals surface area contributed by atoms with Crippen molar-refractivity contribution < 1.29 is 22.6 Å². The maximum atomic E-state index is 12.2. The van der Waals surface area contributed by atoms with Crippen LogP contribution in [0.3, 0.4) is 0 Å². The minimum absolute atomic E-state index is 0.0697. The van der Waals surface area contributed by atoms with E-state index in [2.05, 4.69) is 10.4 Å². The number of methoxy groups -OCH3 is 1. The molecular formula is C16H20F3N3O2. The lowest BCUT2D eigenvalue weighted by Crippen LogP contribution is -2.19. The molecule has 0 aliphatic heterocycles. The minimum Gasteiger partial charge on any atom is -0.493 e. The summed E-state index contributed by atoms with van der Waals surface area (Å²) >= 11 is 0. The number of nitrogens with zero attached hydrogens (tertiary/aromatic N) is 2. The molecule has 0 atom stereocenters. The molecule has 0 saturated carbocycles. The van der Waals surface area contributed by atoms with Crippen LogP contribution in [0.5, 0.6) is 11.5 Å². The molecule has 2 aromatic rings. The highest BCUT2D eigenvalue weighted by molar-refractivity contribution is 5.43. The van der Waals surface area contributed by atoms with Gasteiger partial charge in [0.05, 0.1) is 12.8 Å². The second kappa shape index (κ2) is 8.05. The average Bonchev–Trinajstić information content (AvgIpc) is 3.00. The minimum atomic E-state index is -4.38. The third-order valence-electron chi connectivity index (χ3n) is 3.27. The number of halogens is 3. The summed E-state index contributed by atoms with van der Waals surface area (Å²) in [6.45, 7) is 2.62. The predicted octanol–water partition coefficient (Wildman–Crippen LogP) is 3.14. The molecule has 1 aromatic heterocycles. The van der Waals surface area contributed by atoms with Gasteiger partial charge in [-0.3, -0.25) is 4.68 Å². The van der Waals surface area contributed by atoms with Gasteiger partial charge in [0.2, 0.25) is 0 Å². The van der Waals surface area contributed by atoms with E-state index in [1.165, 1.54) is 13.2 Å². The molecule has 5 nitrogen and oxygen atoms in total. The summed E-state index contributed by atoms with van der Waals surface area (Å²) in [4.78, 5) is 0. The van der Waals surface area contributed by atoms with E-state index in [1.807, 2.05) is 23.9 Å². The van der Waals surface area contributed by atoms with Crippen molar-refractivity contribution in [1.29, 1.82) is 0 Å². The summed E-state index contributed by atoms with van der Waals surface area (Å²) in [5.41, 5.74) is 1.80. The Morgan fingerprint density at radius 2 is 1.96 bits per heavy atom. The fraction of sp³-hybridized carbons (Fsp3) is 0.438. The molecule has 0 aliphatic rings. The molecule has 0 saturated heterocycles. The van der Waals surface area contributed by atoms with Crippen LogP contribution >= 0.6 is 0 Å². The molecule has 2 rings (SSSR count). The van der Waals surface area contributed by atoms with E-state index < -0.39 is 12.8 Å². The van der Waals surface area contributed by atoms with Crippen LogP contribution in [-0.4, -0.2) is 29.7 Å². The highest BCUT2D eigenvalue weighted by atomic mass is 19.4. The van der Waals surface area contributed by atoms with Gasteiger partial charge >= 0.3 is 6.18 Å². The Kier molecular flexibility index (Phi) is 6.08. The number of nitrogens with one attached hydrogen (secondary N) is 1. The average molecular weight is 343 g/mol. The number of ether oxygens (including phenoxy) is 2. The van der Waals surface area contributed by atoms with Gasteiger partial charge in [0.15, 0.2) is 18.1 Å². The Morgan fingerprint density at radius 1 is 1.17 bits per heavy atom. The standard InChI is InChI=1S/C16H20F3N3O2/c1-3-22-7-6-13(21-22)10-20-9-12-4-5-14(15(8-12)23-2)24-11-16(17,18)19/h4-8,20H,3,9-11H2,1-2H3. The van der Waals surface area contributed by atoms with Gasteiger partial charge in [0.25, 0.3) is 0 Å². The summed E-state index contributed by atoms with van der Waals surface area (Å²) in [5, 5.41) is 7.59. The maximum absolute atomic E-state index is 12.2. The molecule has 1 N–H and O–H groups in total. The van der Waals surface area contributed by atoms with E-state index in [9.17, 15) is 13.2 Å². The zero-order chi connectivity index (χ0) is 17.6. The molecule has 24 heavy (non-hydrogen) atoms. The van der Waals surface area contributed by atoms with Crippen LogP contribution in [0.15, 0.2) is 30.5 Å². The first kappa shape index (κ1) is 18.1. The van der Waals surface area contributed by atoms with Gasteiger partial charge < -0.3 is 14.8 Å². The molecule has 132 valence electrons. The van der Waals surface area contributed by atoms with Crippen molar-refractivity contribution >= 4 is 0 Å². The number of benzene rings is 1.